The maximum Gasteiger partial charge on any atom is 0.264 e. The lowest BCUT2D eigenvalue weighted by molar-refractivity contribution is -0.119. The van der Waals surface area contributed by atoms with E-state index in [4.69, 9.17) is 4.74 Å². The van der Waals surface area contributed by atoms with E-state index in [9.17, 15) is 13.2 Å². The molecule has 2 aromatic rings. The van der Waals surface area contributed by atoms with Crippen LogP contribution in [0.1, 0.15) is 0 Å². The van der Waals surface area contributed by atoms with Gasteiger partial charge in [-0.1, -0.05) is 18.2 Å². The Hall–Kier alpha value is -2.58. The summed E-state index contributed by atoms with van der Waals surface area (Å²) < 4.78 is 32.5. The van der Waals surface area contributed by atoms with Crippen molar-refractivity contribution in [2.75, 3.05) is 45.1 Å². The van der Waals surface area contributed by atoms with Crippen LogP contribution in [0.2, 0.25) is 0 Å². The summed E-state index contributed by atoms with van der Waals surface area (Å²) in [5.41, 5.74) is 0.391. The highest BCUT2D eigenvalue weighted by Crippen LogP contribution is 2.25. The van der Waals surface area contributed by atoms with E-state index in [1.54, 1.807) is 42.5 Å². The first kappa shape index (κ1) is 20.7. The van der Waals surface area contributed by atoms with Crippen LogP contribution >= 0.6 is 0 Å². The van der Waals surface area contributed by atoms with E-state index in [2.05, 4.69) is 5.32 Å². The number of rotatable bonds is 9. The number of likely N-dealkylation sites (N-methyl/N-ethyl adjacent to an activating group) is 1. The second kappa shape index (κ2) is 9.38. The molecule has 0 aliphatic carbocycles. The van der Waals surface area contributed by atoms with E-state index in [0.717, 1.165) is 4.31 Å². The van der Waals surface area contributed by atoms with E-state index in [1.165, 1.54) is 19.2 Å². The van der Waals surface area contributed by atoms with Crippen LogP contribution in [0.4, 0.5) is 5.69 Å². The molecule has 0 saturated carbocycles. The van der Waals surface area contributed by atoms with Gasteiger partial charge in [-0.2, -0.15) is 0 Å². The van der Waals surface area contributed by atoms with E-state index >= 15 is 0 Å². The van der Waals surface area contributed by atoms with Gasteiger partial charge >= 0.3 is 0 Å². The van der Waals surface area contributed by atoms with Crippen molar-refractivity contribution in [3.8, 4) is 5.75 Å². The Balaban J connectivity index is 2.29. The van der Waals surface area contributed by atoms with Gasteiger partial charge in [0.2, 0.25) is 5.91 Å². The molecule has 0 bridgehead atoms. The van der Waals surface area contributed by atoms with Crippen LogP contribution in [0.25, 0.3) is 0 Å². The Bertz CT molecular complexity index is 837. The van der Waals surface area contributed by atoms with Crippen LogP contribution in [0.5, 0.6) is 5.75 Å². The molecule has 0 spiro atoms. The van der Waals surface area contributed by atoms with Crippen LogP contribution in [0.15, 0.2) is 59.5 Å². The Kier molecular flexibility index (Phi) is 7.20. The number of amides is 1. The maximum atomic E-state index is 13.1. The Morgan fingerprint density at radius 1 is 1.04 bits per heavy atom. The second-order valence-corrected chi connectivity index (χ2v) is 8.04. The van der Waals surface area contributed by atoms with Gasteiger partial charge in [0.15, 0.2) is 0 Å². The fourth-order valence-electron chi connectivity index (χ4n) is 2.39. The van der Waals surface area contributed by atoms with Gasteiger partial charge in [0, 0.05) is 13.1 Å². The highest BCUT2D eigenvalue weighted by molar-refractivity contribution is 7.92. The first-order chi connectivity index (χ1) is 12.8. The van der Waals surface area contributed by atoms with Crippen molar-refractivity contribution in [3.63, 3.8) is 0 Å². The van der Waals surface area contributed by atoms with E-state index in [0.29, 0.717) is 24.5 Å². The topological polar surface area (TPSA) is 79.0 Å². The average molecular weight is 391 g/mol. The van der Waals surface area contributed by atoms with Crippen molar-refractivity contribution in [1.82, 2.24) is 10.2 Å². The minimum absolute atomic E-state index is 0.127. The quantitative estimate of drug-likeness (QED) is 0.702. The van der Waals surface area contributed by atoms with Gasteiger partial charge in [-0.05, 0) is 50.5 Å². The predicted molar refractivity (Wildman–Crippen MR) is 106 cm³/mol. The minimum Gasteiger partial charge on any atom is -0.497 e. The third kappa shape index (κ3) is 5.70. The molecule has 1 N–H and O–H groups in total. The van der Waals surface area contributed by atoms with Crippen LogP contribution in [0.3, 0.4) is 0 Å². The minimum atomic E-state index is -3.89. The molecule has 0 saturated heterocycles. The van der Waals surface area contributed by atoms with Gasteiger partial charge in [-0.15, -0.1) is 0 Å². The zero-order chi connectivity index (χ0) is 19.9. The van der Waals surface area contributed by atoms with Crippen molar-refractivity contribution >= 4 is 21.6 Å². The van der Waals surface area contributed by atoms with Gasteiger partial charge < -0.3 is 15.0 Å². The van der Waals surface area contributed by atoms with E-state index < -0.39 is 10.0 Å². The lowest BCUT2D eigenvalue weighted by Crippen LogP contribution is -2.42. The summed E-state index contributed by atoms with van der Waals surface area (Å²) in [5.74, 6) is 0.235. The molecule has 2 rings (SSSR count). The number of nitrogens with zero attached hydrogens (tertiary/aromatic N) is 2. The summed E-state index contributed by atoms with van der Waals surface area (Å²) in [6, 6.07) is 14.6. The molecule has 0 aliphatic rings. The smallest absolute Gasteiger partial charge is 0.264 e. The monoisotopic (exact) mass is 391 g/mol. The van der Waals surface area contributed by atoms with Gasteiger partial charge in [0.05, 0.1) is 17.7 Å². The second-order valence-electron chi connectivity index (χ2n) is 6.18. The number of hydrogen-bond acceptors (Lipinski definition) is 5. The predicted octanol–water partition coefficient (Wildman–Crippen LogP) is 1.57. The van der Waals surface area contributed by atoms with Crippen LogP contribution in [-0.4, -0.2) is 60.1 Å². The lowest BCUT2D eigenvalue weighted by Gasteiger charge is -2.24. The molecule has 0 heterocycles. The largest absolute Gasteiger partial charge is 0.497 e. The molecule has 146 valence electrons. The summed E-state index contributed by atoms with van der Waals surface area (Å²) in [4.78, 5) is 14.4. The summed E-state index contributed by atoms with van der Waals surface area (Å²) in [6.45, 7) is 0.796. The molecule has 7 nitrogen and oxygen atoms in total. The molecule has 1 amide bonds. The summed E-state index contributed by atoms with van der Waals surface area (Å²) in [7, 11) is 1.44. The fraction of sp³-hybridized carbons (Fsp3) is 0.316. The summed E-state index contributed by atoms with van der Waals surface area (Å²) in [5, 5.41) is 2.75. The Labute approximate surface area is 160 Å². The standard InChI is InChI=1S/C19H25N3O4S/c1-21(2)14-13-20-19(23)15-22(16-9-11-17(26-3)12-10-16)27(24,25)18-7-5-4-6-8-18/h4-12H,13-15H2,1-3H3,(H,20,23). The molecular formula is C19H25N3O4S. The van der Waals surface area contributed by atoms with Crippen molar-refractivity contribution < 1.29 is 17.9 Å². The molecule has 0 aromatic heterocycles. The molecule has 2 aromatic carbocycles. The first-order valence-corrected chi connectivity index (χ1v) is 9.92. The van der Waals surface area contributed by atoms with Gasteiger partial charge in [0.1, 0.15) is 12.3 Å². The van der Waals surface area contributed by atoms with Crippen LogP contribution in [0, 0.1) is 0 Å². The first-order valence-electron chi connectivity index (χ1n) is 8.48. The third-order valence-electron chi connectivity index (χ3n) is 3.86. The lowest BCUT2D eigenvalue weighted by atomic mass is 10.3. The average Bonchev–Trinajstić information content (AvgIpc) is 2.66. The molecule has 27 heavy (non-hydrogen) atoms. The van der Waals surface area contributed by atoms with Crippen molar-refractivity contribution in [2.24, 2.45) is 0 Å². The Morgan fingerprint density at radius 2 is 1.67 bits per heavy atom. The van der Waals surface area contributed by atoms with Gasteiger partial charge in [0.25, 0.3) is 10.0 Å². The number of hydrogen-bond donors (Lipinski definition) is 1. The molecule has 0 fully saturated rings. The number of ether oxygens (including phenoxy) is 1. The molecular weight excluding hydrogens is 366 g/mol. The number of sulfonamides is 1. The fourth-order valence-corrected chi connectivity index (χ4v) is 3.83. The summed E-state index contributed by atoms with van der Waals surface area (Å²) >= 11 is 0. The van der Waals surface area contributed by atoms with E-state index in [1.807, 2.05) is 19.0 Å². The van der Waals surface area contributed by atoms with Crippen molar-refractivity contribution in [2.45, 2.75) is 4.90 Å². The molecule has 8 heteroatoms. The number of carbonyl (C=O) groups excluding carboxylic acids is 1. The van der Waals surface area contributed by atoms with Gasteiger partial charge in [-0.25, -0.2) is 8.42 Å². The van der Waals surface area contributed by atoms with Gasteiger partial charge in [-0.3, -0.25) is 9.10 Å². The highest BCUT2D eigenvalue weighted by atomic mass is 32.2. The number of methoxy groups -OCH3 is 1. The third-order valence-corrected chi connectivity index (χ3v) is 5.65. The molecule has 0 unspecified atom stereocenters. The normalized spacial score (nSPS) is 11.3. The SMILES string of the molecule is COc1ccc(N(CC(=O)NCCN(C)C)S(=O)(=O)c2ccccc2)cc1. The zero-order valence-corrected chi connectivity index (χ0v) is 16.6. The number of anilines is 1. The zero-order valence-electron chi connectivity index (χ0n) is 15.8. The maximum absolute atomic E-state index is 13.1. The van der Waals surface area contributed by atoms with Crippen LogP contribution < -0.4 is 14.4 Å². The summed E-state index contributed by atoms with van der Waals surface area (Å²) in [6.07, 6.45) is 0. The molecule has 0 aliphatic heterocycles. The van der Waals surface area contributed by atoms with Crippen molar-refractivity contribution in [1.29, 1.82) is 0 Å². The Morgan fingerprint density at radius 3 is 2.22 bits per heavy atom. The number of benzene rings is 2. The molecule has 0 radical (unpaired) electrons. The van der Waals surface area contributed by atoms with E-state index in [-0.39, 0.29) is 17.3 Å². The number of carbonyl (C=O) groups is 1. The van der Waals surface area contributed by atoms with Crippen LogP contribution in [-0.2, 0) is 14.8 Å². The number of nitrogens with one attached hydrogen (secondary N) is 1. The highest BCUT2D eigenvalue weighted by Gasteiger charge is 2.27. The van der Waals surface area contributed by atoms with Crippen molar-refractivity contribution in [3.05, 3.63) is 54.6 Å². The molecule has 0 atom stereocenters.